The zero-order chi connectivity index (χ0) is 16.0. The van der Waals surface area contributed by atoms with Gasteiger partial charge in [-0.1, -0.05) is 11.6 Å². The molecular formula is C14H17ClN2O4. The summed E-state index contributed by atoms with van der Waals surface area (Å²) in [5.41, 5.74) is 1.10. The van der Waals surface area contributed by atoms with Crippen LogP contribution >= 0.6 is 11.6 Å². The van der Waals surface area contributed by atoms with E-state index in [1.165, 1.54) is 33.1 Å². The van der Waals surface area contributed by atoms with E-state index in [1.807, 2.05) is 0 Å². The fraction of sp³-hybridized carbons (Fsp3) is 0.357. The predicted octanol–water partition coefficient (Wildman–Crippen LogP) is 2.13. The molecule has 0 radical (unpaired) electrons. The number of Topliss-reactive ketones (excluding diaryl/α,β-unsaturated/α-hetero) is 2. The lowest BCUT2D eigenvalue weighted by molar-refractivity contribution is -0.116. The van der Waals surface area contributed by atoms with E-state index in [4.69, 9.17) is 11.6 Å². The lowest BCUT2D eigenvalue weighted by atomic mass is 10.1. The van der Waals surface area contributed by atoms with Crippen molar-refractivity contribution >= 4 is 40.5 Å². The van der Waals surface area contributed by atoms with Crippen LogP contribution in [0, 0.1) is 0 Å². The van der Waals surface area contributed by atoms with Crippen LogP contribution in [0.2, 0.25) is 5.02 Å². The Balaban J connectivity index is 3.14. The molecule has 0 amide bonds. The van der Waals surface area contributed by atoms with Crippen molar-refractivity contribution in [1.82, 2.24) is 0 Å². The molecule has 0 saturated heterocycles. The van der Waals surface area contributed by atoms with E-state index < -0.39 is 5.97 Å². The number of carbonyl (C=O) groups is 3. The van der Waals surface area contributed by atoms with Crippen molar-refractivity contribution in [3.63, 3.8) is 0 Å². The summed E-state index contributed by atoms with van der Waals surface area (Å²) in [5, 5.41) is 5.99. The summed E-state index contributed by atoms with van der Waals surface area (Å²) in [7, 11) is 1.27. The molecule has 0 fully saturated rings. The van der Waals surface area contributed by atoms with Gasteiger partial charge in [-0.15, -0.1) is 0 Å². The number of hydrogen-bond donors (Lipinski definition) is 2. The van der Waals surface area contributed by atoms with Crippen molar-refractivity contribution in [3.8, 4) is 0 Å². The second-order valence-corrected chi connectivity index (χ2v) is 4.87. The van der Waals surface area contributed by atoms with Crippen LogP contribution in [0.5, 0.6) is 0 Å². The molecule has 0 aliphatic heterocycles. The highest BCUT2D eigenvalue weighted by Gasteiger charge is 2.14. The first kappa shape index (κ1) is 17.0. The fourth-order valence-corrected chi connectivity index (χ4v) is 1.80. The van der Waals surface area contributed by atoms with Gasteiger partial charge < -0.3 is 15.4 Å². The quantitative estimate of drug-likeness (QED) is 0.750. The first-order chi connectivity index (χ1) is 9.85. The van der Waals surface area contributed by atoms with E-state index in [2.05, 4.69) is 15.4 Å². The van der Waals surface area contributed by atoms with Gasteiger partial charge in [0.2, 0.25) is 0 Å². The molecule has 1 rings (SSSR count). The molecule has 2 N–H and O–H groups in total. The number of carbonyl (C=O) groups excluding carboxylic acids is 3. The topological polar surface area (TPSA) is 84.5 Å². The summed E-state index contributed by atoms with van der Waals surface area (Å²) in [6, 6.07) is 2.99. The molecule has 0 atom stereocenters. The standard InChI is InChI=1S/C14H17ClN2O4/c1-8(18)6-16-11-4-10(14(20)21-3)5-12(13(11)15)17-7-9(2)19/h4-5,16-17H,6-7H2,1-3H3. The van der Waals surface area contributed by atoms with Gasteiger partial charge in [0.1, 0.15) is 11.6 Å². The molecule has 1 aromatic rings. The van der Waals surface area contributed by atoms with Gasteiger partial charge in [-0.25, -0.2) is 4.79 Å². The number of ketones is 2. The van der Waals surface area contributed by atoms with Gasteiger partial charge in [-0.3, -0.25) is 9.59 Å². The molecule has 0 aliphatic rings. The summed E-state index contributed by atoms with van der Waals surface area (Å²) < 4.78 is 4.67. The summed E-state index contributed by atoms with van der Waals surface area (Å²) in [5.74, 6) is -0.691. The Morgan fingerprint density at radius 3 is 1.81 bits per heavy atom. The van der Waals surface area contributed by atoms with E-state index in [0.29, 0.717) is 16.4 Å². The third-order valence-electron chi connectivity index (χ3n) is 2.55. The van der Waals surface area contributed by atoms with Crippen LogP contribution in [0.3, 0.4) is 0 Å². The van der Waals surface area contributed by atoms with Gasteiger partial charge in [-0.05, 0) is 26.0 Å². The average molecular weight is 313 g/mol. The number of rotatable bonds is 7. The Morgan fingerprint density at radius 2 is 1.48 bits per heavy atom. The Labute approximate surface area is 127 Å². The highest BCUT2D eigenvalue weighted by molar-refractivity contribution is 6.36. The first-order valence-electron chi connectivity index (χ1n) is 6.23. The van der Waals surface area contributed by atoms with Crippen molar-refractivity contribution in [2.24, 2.45) is 0 Å². The van der Waals surface area contributed by atoms with Gasteiger partial charge in [0.15, 0.2) is 0 Å². The molecule has 0 aliphatic carbocycles. The largest absolute Gasteiger partial charge is 0.465 e. The van der Waals surface area contributed by atoms with Crippen molar-refractivity contribution in [1.29, 1.82) is 0 Å². The zero-order valence-electron chi connectivity index (χ0n) is 12.1. The van der Waals surface area contributed by atoms with Crippen molar-refractivity contribution in [2.45, 2.75) is 13.8 Å². The maximum atomic E-state index is 11.7. The van der Waals surface area contributed by atoms with Gasteiger partial charge in [0.25, 0.3) is 0 Å². The molecule has 7 heteroatoms. The lowest BCUT2D eigenvalue weighted by Crippen LogP contribution is -2.14. The Bertz CT molecular complexity index is 533. The number of nitrogens with one attached hydrogen (secondary N) is 2. The fourth-order valence-electron chi connectivity index (χ4n) is 1.56. The second-order valence-electron chi connectivity index (χ2n) is 4.49. The molecule has 114 valence electrons. The van der Waals surface area contributed by atoms with Crippen molar-refractivity contribution < 1.29 is 19.1 Å². The first-order valence-corrected chi connectivity index (χ1v) is 6.61. The van der Waals surface area contributed by atoms with Crippen LogP contribution in [0.25, 0.3) is 0 Å². The van der Waals surface area contributed by atoms with E-state index in [0.717, 1.165) is 0 Å². The zero-order valence-corrected chi connectivity index (χ0v) is 12.8. The van der Waals surface area contributed by atoms with Crippen LogP contribution in [0.15, 0.2) is 12.1 Å². The minimum atomic E-state index is -0.539. The van der Waals surface area contributed by atoms with E-state index >= 15 is 0 Å². The predicted molar refractivity (Wildman–Crippen MR) is 81.1 cm³/mol. The average Bonchev–Trinajstić information content (AvgIpc) is 2.43. The highest BCUT2D eigenvalue weighted by Crippen LogP contribution is 2.32. The minimum absolute atomic E-state index is 0.0761. The third kappa shape index (κ3) is 5.07. The van der Waals surface area contributed by atoms with Crippen LogP contribution in [-0.4, -0.2) is 37.7 Å². The van der Waals surface area contributed by atoms with Gasteiger partial charge in [0.05, 0.1) is 42.2 Å². The van der Waals surface area contributed by atoms with Gasteiger partial charge >= 0.3 is 5.97 Å². The number of esters is 1. The molecule has 21 heavy (non-hydrogen) atoms. The molecule has 0 unspecified atom stereocenters. The van der Waals surface area contributed by atoms with Crippen LogP contribution < -0.4 is 10.6 Å². The van der Waals surface area contributed by atoms with Crippen LogP contribution in [-0.2, 0) is 14.3 Å². The number of benzene rings is 1. The SMILES string of the molecule is COC(=O)c1cc(NCC(C)=O)c(Cl)c(NCC(C)=O)c1. The molecule has 1 aromatic carbocycles. The number of methoxy groups -OCH3 is 1. The second kappa shape index (κ2) is 7.64. The molecular weight excluding hydrogens is 296 g/mol. The molecule has 0 saturated carbocycles. The maximum Gasteiger partial charge on any atom is 0.337 e. The highest BCUT2D eigenvalue weighted by atomic mass is 35.5. The number of halogens is 1. The third-order valence-corrected chi connectivity index (χ3v) is 2.96. The normalized spacial score (nSPS) is 9.90. The maximum absolute atomic E-state index is 11.7. The molecule has 0 aromatic heterocycles. The van der Waals surface area contributed by atoms with Gasteiger partial charge in [-0.2, -0.15) is 0 Å². The molecule has 0 bridgehead atoms. The summed E-state index contributed by atoms with van der Waals surface area (Å²) in [6.07, 6.45) is 0. The number of anilines is 2. The molecule has 6 nitrogen and oxygen atoms in total. The number of ether oxygens (including phenoxy) is 1. The number of hydrogen-bond acceptors (Lipinski definition) is 6. The van der Waals surface area contributed by atoms with Crippen molar-refractivity contribution in [3.05, 3.63) is 22.7 Å². The smallest absolute Gasteiger partial charge is 0.337 e. The van der Waals surface area contributed by atoms with Crippen LogP contribution in [0.1, 0.15) is 24.2 Å². The van der Waals surface area contributed by atoms with E-state index in [-0.39, 0.29) is 30.2 Å². The van der Waals surface area contributed by atoms with Crippen molar-refractivity contribution in [2.75, 3.05) is 30.8 Å². The molecule has 0 heterocycles. The van der Waals surface area contributed by atoms with E-state index in [9.17, 15) is 14.4 Å². The lowest BCUT2D eigenvalue weighted by Gasteiger charge is -2.14. The Morgan fingerprint density at radius 1 is 1.05 bits per heavy atom. The monoisotopic (exact) mass is 312 g/mol. The summed E-state index contributed by atoms with van der Waals surface area (Å²) >= 11 is 6.20. The van der Waals surface area contributed by atoms with Crippen LogP contribution in [0.4, 0.5) is 11.4 Å². The summed E-state index contributed by atoms with van der Waals surface area (Å²) in [4.78, 5) is 33.7. The molecule has 0 spiro atoms. The minimum Gasteiger partial charge on any atom is -0.465 e. The summed E-state index contributed by atoms with van der Waals surface area (Å²) in [6.45, 7) is 3.02. The van der Waals surface area contributed by atoms with E-state index in [1.54, 1.807) is 0 Å². The van der Waals surface area contributed by atoms with Gasteiger partial charge in [0, 0.05) is 0 Å². The Kier molecular flexibility index (Phi) is 6.17. The Hall–Kier alpha value is -2.08.